The van der Waals surface area contributed by atoms with Gasteiger partial charge in [-0.25, -0.2) is 0 Å². The molecule has 0 unspecified atom stereocenters. The summed E-state index contributed by atoms with van der Waals surface area (Å²) in [4.78, 5) is 16.8. The maximum atomic E-state index is 12.3. The Morgan fingerprint density at radius 2 is 1.83 bits per heavy atom. The van der Waals surface area contributed by atoms with E-state index in [2.05, 4.69) is 15.5 Å². The van der Waals surface area contributed by atoms with Crippen LogP contribution in [0.25, 0.3) is 22.2 Å². The molecule has 30 heavy (non-hydrogen) atoms. The van der Waals surface area contributed by atoms with Gasteiger partial charge in [0.1, 0.15) is 5.75 Å². The smallest absolute Gasteiger partial charge is 0.227 e. The molecule has 0 spiro atoms. The molecular formula is C24H23N3O3. The van der Waals surface area contributed by atoms with E-state index in [1.807, 2.05) is 73.7 Å². The van der Waals surface area contributed by atoms with Crippen molar-refractivity contribution in [3.8, 4) is 17.1 Å². The number of hydrogen-bond donors (Lipinski definition) is 1. The largest absolute Gasteiger partial charge is 0.497 e. The third-order valence-corrected chi connectivity index (χ3v) is 5.06. The molecule has 4 rings (SSSR count). The molecule has 1 atom stereocenters. The van der Waals surface area contributed by atoms with E-state index >= 15 is 0 Å². The summed E-state index contributed by atoms with van der Waals surface area (Å²) in [7, 11) is 1.63. The standard InChI is InChI=1S/C24H23N3O3/c1-16(17-10-12-19(29-2)13-11-17)25-22(28)14-15-23-26-24(27-30-23)21-9-5-7-18-6-3-4-8-20(18)21/h3-13,16H,14-15H2,1-2H3,(H,25,28)/t16-/m1/s1. The Morgan fingerprint density at radius 1 is 1.07 bits per heavy atom. The van der Waals surface area contributed by atoms with Crippen molar-refractivity contribution in [2.75, 3.05) is 7.11 Å². The molecule has 3 aromatic carbocycles. The van der Waals surface area contributed by atoms with Crippen LogP contribution in [-0.2, 0) is 11.2 Å². The third-order valence-electron chi connectivity index (χ3n) is 5.06. The summed E-state index contributed by atoms with van der Waals surface area (Å²) < 4.78 is 10.5. The SMILES string of the molecule is COc1ccc([C@@H](C)NC(=O)CCc2nc(-c3cccc4ccccc34)no2)cc1. The second kappa shape index (κ2) is 8.78. The predicted octanol–water partition coefficient (Wildman–Crippen LogP) is 4.71. The van der Waals surface area contributed by atoms with Gasteiger partial charge >= 0.3 is 0 Å². The van der Waals surface area contributed by atoms with Gasteiger partial charge in [0.15, 0.2) is 0 Å². The Labute approximate surface area is 174 Å². The first-order valence-electron chi connectivity index (χ1n) is 9.88. The molecule has 6 nitrogen and oxygen atoms in total. The normalized spacial score (nSPS) is 11.9. The second-order valence-corrected chi connectivity index (χ2v) is 7.10. The maximum absolute atomic E-state index is 12.3. The Bertz CT molecular complexity index is 1150. The van der Waals surface area contributed by atoms with Crippen molar-refractivity contribution in [1.29, 1.82) is 0 Å². The molecule has 152 valence electrons. The zero-order valence-corrected chi connectivity index (χ0v) is 17.0. The highest BCUT2D eigenvalue weighted by molar-refractivity contribution is 5.94. The Hall–Kier alpha value is -3.67. The van der Waals surface area contributed by atoms with Crippen LogP contribution in [0.3, 0.4) is 0 Å². The number of ether oxygens (including phenoxy) is 1. The lowest BCUT2D eigenvalue weighted by molar-refractivity contribution is -0.121. The van der Waals surface area contributed by atoms with E-state index in [0.717, 1.165) is 27.6 Å². The van der Waals surface area contributed by atoms with Gasteiger partial charge in [0.2, 0.25) is 17.6 Å². The summed E-state index contributed by atoms with van der Waals surface area (Å²) in [6.07, 6.45) is 0.663. The van der Waals surface area contributed by atoms with Gasteiger partial charge in [-0.3, -0.25) is 4.79 Å². The summed E-state index contributed by atoms with van der Waals surface area (Å²) in [6, 6.07) is 21.6. The van der Waals surface area contributed by atoms with Gasteiger partial charge in [-0.15, -0.1) is 0 Å². The van der Waals surface area contributed by atoms with Gasteiger partial charge in [-0.05, 0) is 35.4 Å². The van der Waals surface area contributed by atoms with Gasteiger partial charge in [-0.2, -0.15) is 4.98 Å². The molecule has 0 bridgehead atoms. The molecule has 6 heteroatoms. The minimum atomic E-state index is -0.0997. The number of aryl methyl sites for hydroxylation is 1. The molecule has 0 aliphatic heterocycles. The molecule has 0 aliphatic rings. The van der Waals surface area contributed by atoms with Crippen LogP contribution in [0.2, 0.25) is 0 Å². The van der Waals surface area contributed by atoms with E-state index in [1.165, 1.54) is 0 Å². The zero-order chi connectivity index (χ0) is 20.9. The molecule has 0 saturated carbocycles. The summed E-state index contributed by atoms with van der Waals surface area (Å²) in [5.41, 5.74) is 1.93. The fourth-order valence-electron chi connectivity index (χ4n) is 3.40. The zero-order valence-electron chi connectivity index (χ0n) is 17.0. The Kier molecular flexibility index (Phi) is 5.75. The fourth-order valence-corrected chi connectivity index (χ4v) is 3.40. The lowest BCUT2D eigenvalue weighted by Crippen LogP contribution is -2.26. The van der Waals surface area contributed by atoms with Gasteiger partial charge in [-0.1, -0.05) is 59.8 Å². The Morgan fingerprint density at radius 3 is 2.63 bits per heavy atom. The topological polar surface area (TPSA) is 77.2 Å². The molecule has 0 fully saturated rings. The van der Waals surface area contributed by atoms with E-state index in [-0.39, 0.29) is 18.4 Å². The van der Waals surface area contributed by atoms with E-state index < -0.39 is 0 Å². The monoisotopic (exact) mass is 401 g/mol. The van der Waals surface area contributed by atoms with Crippen molar-refractivity contribution in [1.82, 2.24) is 15.5 Å². The minimum Gasteiger partial charge on any atom is -0.497 e. The number of fused-ring (bicyclic) bond motifs is 1. The van der Waals surface area contributed by atoms with Crippen molar-refractivity contribution in [3.05, 3.63) is 78.2 Å². The van der Waals surface area contributed by atoms with E-state index in [9.17, 15) is 4.79 Å². The molecular weight excluding hydrogens is 378 g/mol. The van der Waals surface area contributed by atoms with Crippen LogP contribution in [0.4, 0.5) is 0 Å². The van der Waals surface area contributed by atoms with Crippen LogP contribution in [-0.4, -0.2) is 23.2 Å². The molecule has 0 radical (unpaired) electrons. The second-order valence-electron chi connectivity index (χ2n) is 7.10. The fraction of sp³-hybridized carbons (Fsp3) is 0.208. The van der Waals surface area contributed by atoms with Crippen molar-refractivity contribution in [3.63, 3.8) is 0 Å². The molecule has 0 aliphatic carbocycles. The number of nitrogens with one attached hydrogen (secondary N) is 1. The number of carbonyl (C=O) groups excluding carboxylic acids is 1. The average molecular weight is 401 g/mol. The van der Waals surface area contributed by atoms with Crippen molar-refractivity contribution in [2.24, 2.45) is 0 Å². The predicted molar refractivity (Wildman–Crippen MR) is 115 cm³/mol. The number of rotatable bonds is 7. The number of nitrogens with zero attached hydrogens (tertiary/aromatic N) is 2. The van der Waals surface area contributed by atoms with Crippen LogP contribution in [0, 0.1) is 0 Å². The molecule has 1 heterocycles. The lowest BCUT2D eigenvalue weighted by atomic mass is 10.0. The molecule has 1 N–H and O–H groups in total. The number of aromatic nitrogens is 2. The van der Waals surface area contributed by atoms with Gasteiger partial charge in [0.25, 0.3) is 0 Å². The van der Waals surface area contributed by atoms with E-state index in [1.54, 1.807) is 7.11 Å². The van der Waals surface area contributed by atoms with Crippen molar-refractivity contribution < 1.29 is 14.1 Å². The number of amides is 1. The van der Waals surface area contributed by atoms with E-state index in [4.69, 9.17) is 9.26 Å². The summed E-state index contributed by atoms with van der Waals surface area (Å²) in [6.45, 7) is 1.95. The van der Waals surface area contributed by atoms with Gasteiger partial charge in [0, 0.05) is 18.4 Å². The average Bonchev–Trinajstić information content (AvgIpc) is 3.26. The first kappa shape index (κ1) is 19.6. The summed E-state index contributed by atoms with van der Waals surface area (Å²) in [5.74, 6) is 1.71. The highest BCUT2D eigenvalue weighted by Crippen LogP contribution is 2.26. The highest BCUT2D eigenvalue weighted by atomic mass is 16.5. The lowest BCUT2D eigenvalue weighted by Gasteiger charge is -2.14. The number of hydrogen-bond acceptors (Lipinski definition) is 5. The minimum absolute atomic E-state index is 0.0665. The number of methoxy groups -OCH3 is 1. The summed E-state index contributed by atoms with van der Waals surface area (Å²) >= 11 is 0. The van der Waals surface area contributed by atoms with E-state index in [0.29, 0.717) is 18.1 Å². The Balaban J connectivity index is 1.37. The van der Waals surface area contributed by atoms with Crippen LogP contribution in [0.1, 0.15) is 30.8 Å². The number of carbonyl (C=O) groups is 1. The van der Waals surface area contributed by atoms with Crippen molar-refractivity contribution in [2.45, 2.75) is 25.8 Å². The third kappa shape index (κ3) is 4.33. The van der Waals surface area contributed by atoms with Crippen LogP contribution >= 0.6 is 0 Å². The maximum Gasteiger partial charge on any atom is 0.227 e. The van der Waals surface area contributed by atoms with Crippen LogP contribution in [0.15, 0.2) is 71.3 Å². The first-order chi connectivity index (χ1) is 14.6. The molecule has 4 aromatic rings. The number of benzene rings is 3. The van der Waals surface area contributed by atoms with Crippen LogP contribution in [0.5, 0.6) is 5.75 Å². The van der Waals surface area contributed by atoms with Gasteiger partial charge in [0.05, 0.1) is 13.2 Å². The molecule has 1 aromatic heterocycles. The molecule has 1 amide bonds. The highest BCUT2D eigenvalue weighted by Gasteiger charge is 2.14. The van der Waals surface area contributed by atoms with Gasteiger partial charge < -0.3 is 14.6 Å². The van der Waals surface area contributed by atoms with Crippen LogP contribution < -0.4 is 10.1 Å². The van der Waals surface area contributed by atoms with Crippen molar-refractivity contribution >= 4 is 16.7 Å². The summed E-state index contributed by atoms with van der Waals surface area (Å²) in [5, 5.41) is 9.29. The first-order valence-corrected chi connectivity index (χ1v) is 9.88. The molecule has 0 saturated heterocycles. The quantitative estimate of drug-likeness (QED) is 0.485.